The van der Waals surface area contributed by atoms with Crippen molar-refractivity contribution in [2.45, 2.75) is 27.2 Å². The molecule has 28 heavy (non-hydrogen) atoms. The molecule has 0 N–H and O–H groups in total. The summed E-state index contributed by atoms with van der Waals surface area (Å²) in [7, 11) is -0.272. The van der Waals surface area contributed by atoms with Gasteiger partial charge in [0.2, 0.25) is 6.10 Å². The van der Waals surface area contributed by atoms with Gasteiger partial charge >= 0.3 is 11.9 Å². The zero-order valence-electron chi connectivity index (χ0n) is 15.1. The number of esters is 2. The van der Waals surface area contributed by atoms with E-state index in [9.17, 15) is 9.59 Å². The Morgan fingerprint density at radius 3 is 1.86 bits per heavy atom. The van der Waals surface area contributed by atoms with Gasteiger partial charge < -0.3 is 9.47 Å². The van der Waals surface area contributed by atoms with Crippen molar-refractivity contribution in [1.82, 2.24) is 0 Å². The SMILES string of the molecule is O=C(OC1CCOC1=O)c1ccc([S+](c2ccccc2)c2ccccc2)cc1. The molecule has 0 aliphatic carbocycles. The van der Waals surface area contributed by atoms with Crippen LogP contribution in [0.25, 0.3) is 0 Å². The second kappa shape index (κ2) is 8.31. The minimum absolute atomic E-state index is 0.272. The van der Waals surface area contributed by atoms with E-state index in [1.165, 1.54) is 9.79 Å². The average Bonchev–Trinajstić information content (AvgIpc) is 3.15. The lowest BCUT2D eigenvalue weighted by atomic mass is 10.2. The lowest BCUT2D eigenvalue weighted by molar-refractivity contribution is -0.145. The van der Waals surface area contributed by atoms with E-state index in [-0.39, 0.29) is 10.9 Å². The quantitative estimate of drug-likeness (QED) is 0.482. The minimum atomic E-state index is -0.796. The highest BCUT2D eigenvalue weighted by Crippen LogP contribution is 2.31. The first-order valence-corrected chi connectivity index (χ1v) is 10.3. The van der Waals surface area contributed by atoms with E-state index in [0.717, 1.165) is 4.90 Å². The van der Waals surface area contributed by atoms with Crippen molar-refractivity contribution in [2.24, 2.45) is 0 Å². The lowest BCUT2D eigenvalue weighted by Gasteiger charge is -2.10. The molecule has 140 valence electrons. The first-order valence-electron chi connectivity index (χ1n) is 9.04. The molecule has 4 rings (SSSR count). The molecule has 1 saturated heterocycles. The highest BCUT2D eigenvalue weighted by molar-refractivity contribution is 7.97. The van der Waals surface area contributed by atoms with Gasteiger partial charge in [-0.05, 0) is 48.5 Å². The van der Waals surface area contributed by atoms with Crippen molar-refractivity contribution in [3.05, 3.63) is 90.5 Å². The predicted molar refractivity (Wildman–Crippen MR) is 106 cm³/mol. The number of ether oxygens (including phenoxy) is 2. The van der Waals surface area contributed by atoms with Crippen LogP contribution in [0.15, 0.2) is 99.6 Å². The van der Waals surface area contributed by atoms with Gasteiger partial charge in [0, 0.05) is 6.42 Å². The molecule has 1 fully saturated rings. The highest BCUT2D eigenvalue weighted by atomic mass is 32.2. The van der Waals surface area contributed by atoms with Gasteiger partial charge in [-0.3, -0.25) is 0 Å². The Balaban J connectivity index is 1.60. The zero-order valence-corrected chi connectivity index (χ0v) is 15.9. The molecule has 1 aliphatic rings. The Labute approximate surface area is 166 Å². The fourth-order valence-corrected chi connectivity index (χ4v) is 5.11. The van der Waals surface area contributed by atoms with Crippen molar-refractivity contribution in [3.63, 3.8) is 0 Å². The molecule has 3 aromatic rings. The fourth-order valence-electron chi connectivity index (χ4n) is 3.03. The third-order valence-corrected chi connectivity index (χ3v) is 6.65. The van der Waals surface area contributed by atoms with Crippen LogP contribution in [0.5, 0.6) is 0 Å². The third kappa shape index (κ3) is 3.94. The number of cyclic esters (lactones) is 1. The van der Waals surface area contributed by atoms with E-state index in [0.29, 0.717) is 18.6 Å². The largest absolute Gasteiger partial charge is 0.463 e. The van der Waals surface area contributed by atoms with Gasteiger partial charge in [-0.2, -0.15) is 0 Å². The van der Waals surface area contributed by atoms with Crippen LogP contribution < -0.4 is 0 Å². The van der Waals surface area contributed by atoms with Crippen molar-refractivity contribution in [1.29, 1.82) is 0 Å². The smallest absolute Gasteiger partial charge is 0.347 e. The van der Waals surface area contributed by atoms with Gasteiger partial charge in [0.25, 0.3) is 0 Å². The Morgan fingerprint density at radius 2 is 1.36 bits per heavy atom. The summed E-state index contributed by atoms with van der Waals surface area (Å²) in [5.41, 5.74) is 0.424. The van der Waals surface area contributed by atoms with Gasteiger partial charge in [0.15, 0.2) is 14.7 Å². The maximum Gasteiger partial charge on any atom is 0.347 e. The topological polar surface area (TPSA) is 52.6 Å². The number of hydrogen-bond donors (Lipinski definition) is 0. The van der Waals surface area contributed by atoms with Crippen LogP contribution in [0.3, 0.4) is 0 Å². The van der Waals surface area contributed by atoms with Gasteiger partial charge in [0.05, 0.1) is 23.1 Å². The molecule has 0 spiro atoms. The summed E-state index contributed by atoms with van der Waals surface area (Å²) < 4.78 is 10.1. The second-order valence-electron chi connectivity index (χ2n) is 6.31. The number of rotatable bonds is 5. The van der Waals surface area contributed by atoms with Crippen LogP contribution in [0.4, 0.5) is 0 Å². The monoisotopic (exact) mass is 391 g/mol. The van der Waals surface area contributed by atoms with Gasteiger partial charge in [-0.15, -0.1) is 0 Å². The summed E-state index contributed by atoms with van der Waals surface area (Å²) >= 11 is 0. The summed E-state index contributed by atoms with van der Waals surface area (Å²) in [6.07, 6.45) is -0.385. The van der Waals surface area contributed by atoms with E-state index >= 15 is 0 Å². The molecule has 4 nitrogen and oxygen atoms in total. The fraction of sp³-hybridized carbons (Fsp3) is 0.130. The molecule has 1 unspecified atom stereocenters. The van der Waals surface area contributed by atoms with Crippen LogP contribution in [-0.4, -0.2) is 24.6 Å². The molecule has 1 heterocycles. The Hall–Kier alpha value is -3.05. The van der Waals surface area contributed by atoms with Gasteiger partial charge in [-0.1, -0.05) is 36.4 Å². The Bertz CT molecular complexity index is 915. The average molecular weight is 391 g/mol. The van der Waals surface area contributed by atoms with Crippen LogP contribution in [0, 0.1) is 0 Å². The molecule has 0 amide bonds. The Morgan fingerprint density at radius 1 is 0.821 bits per heavy atom. The summed E-state index contributed by atoms with van der Waals surface area (Å²) in [6.45, 7) is 0.298. The molecular weight excluding hydrogens is 372 g/mol. The van der Waals surface area contributed by atoms with Crippen LogP contribution in [0.1, 0.15) is 16.8 Å². The van der Waals surface area contributed by atoms with E-state index in [1.54, 1.807) is 12.1 Å². The molecule has 5 heteroatoms. The second-order valence-corrected chi connectivity index (χ2v) is 8.33. The molecule has 1 atom stereocenters. The van der Waals surface area contributed by atoms with Crippen molar-refractivity contribution < 1.29 is 19.1 Å². The zero-order chi connectivity index (χ0) is 19.3. The Kier molecular flexibility index (Phi) is 5.44. The molecule has 0 aromatic heterocycles. The van der Waals surface area contributed by atoms with Crippen LogP contribution in [-0.2, 0) is 25.2 Å². The van der Waals surface area contributed by atoms with E-state index in [2.05, 4.69) is 24.3 Å². The normalized spacial score (nSPS) is 16.0. The number of hydrogen-bond acceptors (Lipinski definition) is 4. The highest BCUT2D eigenvalue weighted by Gasteiger charge is 2.31. The first-order chi connectivity index (χ1) is 13.7. The summed E-state index contributed by atoms with van der Waals surface area (Å²) in [5, 5.41) is 0. The third-order valence-electron chi connectivity index (χ3n) is 4.42. The van der Waals surface area contributed by atoms with Gasteiger partial charge in [0.1, 0.15) is 0 Å². The van der Waals surface area contributed by atoms with Crippen molar-refractivity contribution in [2.75, 3.05) is 6.61 Å². The van der Waals surface area contributed by atoms with Crippen molar-refractivity contribution in [3.8, 4) is 0 Å². The lowest BCUT2D eigenvalue weighted by Crippen LogP contribution is -2.22. The maximum absolute atomic E-state index is 12.3. The van der Waals surface area contributed by atoms with E-state index in [4.69, 9.17) is 9.47 Å². The minimum Gasteiger partial charge on any atom is -0.463 e. The molecule has 0 bridgehead atoms. The summed E-state index contributed by atoms with van der Waals surface area (Å²) in [4.78, 5) is 27.4. The van der Waals surface area contributed by atoms with E-state index in [1.807, 2.05) is 48.5 Å². The van der Waals surface area contributed by atoms with Crippen LogP contribution in [0.2, 0.25) is 0 Å². The number of carbonyl (C=O) groups is 2. The first kappa shape index (κ1) is 18.3. The number of carbonyl (C=O) groups excluding carboxylic acids is 2. The van der Waals surface area contributed by atoms with Crippen LogP contribution >= 0.6 is 0 Å². The molecule has 3 aromatic carbocycles. The number of benzene rings is 3. The van der Waals surface area contributed by atoms with Crippen molar-refractivity contribution >= 4 is 22.8 Å². The standard InChI is InChI=1S/C23H19O4S/c24-22(27-21-15-16-26-23(21)25)17-11-13-20(14-12-17)28(18-7-3-1-4-8-18)19-9-5-2-6-10-19/h1-14,21H,15-16H2/q+1. The maximum atomic E-state index is 12.3. The molecule has 1 aliphatic heterocycles. The molecular formula is C23H19O4S+. The summed E-state index contributed by atoms with van der Waals surface area (Å²) in [5.74, 6) is -0.977. The van der Waals surface area contributed by atoms with E-state index < -0.39 is 18.0 Å². The molecule has 0 radical (unpaired) electrons. The van der Waals surface area contributed by atoms with Gasteiger partial charge in [-0.25, -0.2) is 9.59 Å². The molecule has 0 saturated carbocycles. The predicted octanol–water partition coefficient (Wildman–Crippen LogP) is 4.25. The summed E-state index contributed by atoms with van der Waals surface area (Å²) in [6, 6.07) is 28.0.